The second kappa shape index (κ2) is 17.1. The van der Waals surface area contributed by atoms with Gasteiger partial charge in [0.15, 0.2) is 0 Å². The molecule has 2 aromatic carbocycles. The minimum atomic E-state index is -3.83. The van der Waals surface area contributed by atoms with Crippen molar-refractivity contribution in [1.29, 1.82) is 0 Å². The van der Waals surface area contributed by atoms with Crippen LogP contribution in [-0.4, -0.2) is 56.1 Å². The third-order valence-electron chi connectivity index (χ3n) is 4.03. The second-order valence-corrected chi connectivity index (χ2v) is 12.9. The third-order valence-corrected chi connectivity index (χ3v) is 8.89. The van der Waals surface area contributed by atoms with Crippen molar-refractivity contribution >= 4 is 73.6 Å². The van der Waals surface area contributed by atoms with Gasteiger partial charge >= 0.3 is 11.9 Å². The molecule has 0 unspecified atom stereocenters. The fourth-order valence-electron chi connectivity index (χ4n) is 2.45. The van der Waals surface area contributed by atoms with Crippen molar-refractivity contribution in [3.8, 4) is 0 Å². The molecule has 0 fully saturated rings. The van der Waals surface area contributed by atoms with E-state index in [1.807, 2.05) is 6.92 Å². The molecule has 3 N–H and O–H groups in total. The molecule has 0 bridgehead atoms. The molecule has 0 atom stereocenters. The molecular weight excluding hydrogens is 680 g/mol. The Balaban J connectivity index is 0.000000637. The summed E-state index contributed by atoms with van der Waals surface area (Å²) < 4.78 is 58.4. The highest BCUT2D eigenvalue weighted by Crippen LogP contribution is 2.26. The maximum absolute atomic E-state index is 11.9. The number of halogens is 3. The number of benzene rings is 2. The Labute approximate surface area is 239 Å². The van der Waals surface area contributed by atoms with Crippen LogP contribution in [-0.2, 0) is 51.0 Å². The molecule has 0 radical (unpaired) electrons. The van der Waals surface area contributed by atoms with Gasteiger partial charge in [0.2, 0.25) is 10.0 Å². The van der Waals surface area contributed by atoms with Crippen molar-refractivity contribution in [2.45, 2.75) is 36.5 Å². The highest BCUT2D eigenvalue weighted by Gasteiger charge is 2.18. The maximum Gasteiger partial charge on any atom is 0.309 e. The molecule has 0 aliphatic carbocycles. The second-order valence-electron chi connectivity index (χ2n) is 6.88. The molecule has 2 rings (SSSR count). The summed E-state index contributed by atoms with van der Waals surface area (Å²) in [7, 11) is 0.405. The Morgan fingerprint density at radius 1 is 0.865 bits per heavy atom. The molecule has 15 heteroatoms. The first kappa shape index (κ1) is 35.5. The van der Waals surface area contributed by atoms with Crippen LogP contribution < -0.4 is 10.5 Å². The molecule has 10 nitrogen and oxygen atoms in total. The number of ether oxygens (including phenoxy) is 2. The van der Waals surface area contributed by atoms with E-state index in [1.54, 1.807) is 25.1 Å². The number of rotatable bonds is 8. The summed E-state index contributed by atoms with van der Waals surface area (Å²) >= 11 is 6.25. The van der Waals surface area contributed by atoms with Gasteiger partial charge in [-0.2, -0.15) is 0 Å². The van der Waals surface area contributed by atoms with E-state index >= 15 is 0 Å². The van der Waals surface area contributed by atoms with Gasteiger partial charge in [-0.25, -0.2) is 21.6 Å². The van der Waals surface area contributed by atoms with E-state index in [-0.39, 0.29) is 22.6 Å². The first-order valence-electron chi connectivity index (χ1n) is 10.5. The summed E-state index contributed by atoms with van der Waals surface area (Å²) in [6, 6.07) is 9.21. The molecular formula is C22H29Br2ClN2O8S2. The van der Waals surface area contributed by atoms with E-state index in [2.05, 4.69) is 46.1 Å². The van der Waals surface area contributed by atoms with Crippen LogP contribution in [0, 0.1) is 0 Å². The Hall–Kier alpha value is -1.55. The van der Waals surface area contributed by atoms with Gasteiger partial charge in [-0.15, -0.1) is 0 Å². The highest BCUT2D eigenvalue weighted by atomic mass is 79.9. The Kier molecular flexibility index (Phi) is 16.4. The number of hydrogen-bond acceptors (Lipinski definition) is 9. The molecule has 0 amide bonds. The zero-order valence-corrected chi connectivity index (χ0v) is 26.1. The van der Waals surface area contributed by atoms with Gasteiger partial charge < -0.3 is 15.2 Å². The Morgan fingerprint density at radius 3 is 1.59 bits per heavy atom. The fraction of sp³-hybridized carbons (Fsp3) is 0.364. The van der Waals surface area contributed by atoms with E-state index in [0.29, 0.717) is 26.6 Å². The fourth-order valence-corrected chi connectivity index (χ4v) is 6.65. The third kappa shape index (κ3) is 13.2. The number of carbonyl (C=O) groups excluding carboxylic acids is 2. The lowest BCUT2D eigenvalue weighted by Gasteiger charge is -2.08. The van der Waals surface area contributed by atoms with E-state index in [1.165, 1.54) is 32.4 Å². The quantitative estimate of drug-likeness (QED) is 0.309. The minimum absolute atomic E-state index is 0.00316. The lowest BCUT2D eigenvalue weighted by molar-refractivity contribution is -0.140. The van der Waals surface area contributed by atoms with Crippen molar-refractivity contribution in [2.24, 2.45) is 5.73 Å². The van der Waals surface area contributed by atoms with Crippen molar-refractivity contribution in [2.75, 3.05) is 27.3 Å². The Bertz CT molecular complexity index is 1270. The summed E-state index contributed by atoms with van der Waals surface area (Å²) in [5.74, 6) is -0.857. The number of hydrogen-bond donors (Lipinski definition) is 2. The normalized spacial score (nSPS) is 10.8. The molecule has 0 saturated carbocycles. The summed E-state index contributed by atoms with van der Waals surface area (Å²) in [4.78, 5) is 22.2. The molecule has 0 spiro atoms. The first-order chi connectivity index (χ1) is 17.2. The number of nitrogens with one attached hydrogen (secondary N) is 1. The summed E-state index contributed by atoms with van der Waals surface area (Å²) in [6.07, 6.45) is 0.0433. The van der Waals surface area contributed by atoms with E-state index < -0.39 is 31.0 Å². The number of esters is 2. The van der Waals surface area contributed by atoms with Crippen LogP contribution in [0.15, 0.2) is 55.1 Å². The maximum atomic E-state index is 11.9. The van der Waals surface area contributed by atoms with Crippen LogP contribution in [0.4, 0.5) is 0 Å². The highest BCUT2D eigenvalue weighted by molar-refractivity contribution is 9.10. The zero-order chi connectivity index (χ0) is 28.8. The molecule has 2 aromatic rings. The average Bonchev–Trinajstić information content (AvgIpc) is 2.81. The molecule has 37 heavy (non-hydrogen) atoms. The van der Waals surface area contributed by atoms with Crippen LogP contribution in [0.5, 0.6) is 0 Å². The number of methoxy groups -OCH3 is 2. The van der Waals surface area contributed by atoms with Crippen LogP contribution in [0.25, 0.3) is 0 Å². The summed E-state index contributed by atoms with van der Waals surface area (Å²) in [5, 5.41) is 0. The Morgan fingerprint density at radius 2 is 1.24 bits per heavy atom. The number of sulfonamides is 1. The molecule has 0 saturated heterocycles. The monoisotopic (exact) mass is 706 g/mol. The van der Waals surface area contributed by atoms with E-state index in [4.69, 9.17) is 16.4 Å². The topological polar surface area (TPSA) is 159 Å². The average molecular weight is 709 g/mol. The minimum Gasteiger partial charge on any atom is -0.469 e. The predicted molar refractivity (Wildman–Crippen MR) is 148 cm³/mol. The number of nitrogens with two attached hydrogens (primary N) is 1. The van der Waals surface area contributed by atoms with Gasteiger partial charge in [0.25, 0.3) is 9.05 Å². The molecule has 0 aliphatic heterocycles. The van der Waals surface area contributed by atoms with Gasteiger partial charge in [0.05, 0.1) is 36.9 Å². The molecule has 0 heterocycles. The molecule has 0 aliphatic rings. The molecule has 0 aromatic heterocycles. The van der Waals surface area contributed by atoms with Crippen molar-refractivity contribution in [3.05, 3.63) is 56.5 Å². The predicted octanol–water partition coefficient (Wildman–Crippen LogP) is 3.52. The van der Waals surface area contributed by atoms with Gasteiger partial charge in [-0.3, -0.25) is 9.59 Å². The van der Waals surface area contributed by atoms with Crippen molar-refractivity contribution < 1.29 is 35.9 Å². The van der Waals surface area contributed by atoms with Gasteiger partial charge in [0.1, 0.15) is 0 Å². The van der Waals surface area contributed by atoms with Gasteiger partial charge in [-0.05, 0) is 73.8 Å². The standard InChI is InChI=1S/C11H14BrNO4S.C9H8BrClO4S.C2H7N/c1-3-13-18(15,16)10-6-8(4-5-9(10)12)7-11(14)17-2;1-15-9(12)5-6-2-3-7(10)8(4-6)16(11,13)14;1-2-3/h4-6,13H,3,7H2,1-2H3;2-4H,5H2,1H3;2-3H2,1H3. The van der Waals surface area contributed by atoms with Crippen LogP contribution in [0.2, 0.25) is 0 Å². The van der Waals surface area contributed by atoms with E-state index in [9.17, 15) is 26.4 Å². The lowest BCUT2D eigenvalue weighted by Crippen LogP contribution is -2.23. The van der Waals surface area contributed by atoms with Crippen LogP contribution >= 0.6 is 42.5 Å². The number of carbonyl (C=O) groups is 2. The van der Waals surface area contributed by atoms with E-state index in [0.717, 1.165) is 6.54 Å². The zero-order valence-electron chi connectivity index (χ0n) is 20.6. The van der Waals surface area contributed by atoms with Gasteiger partial charge in [-0.1, -0.05) is 26.0 Å². The first-order valence-corrected chi connectivity index (χ1v) is 15.9. The van der Waals surface area contributed by atoms with Gasteiger partial charge in [0, 0.05) is 26.2 Å². The smallest absolute Gasteiger partial charge is 0.309 e. The molecule has 208 valence electrons. The van der Waals surface area contributed by atoms with Crippen molar-refractivity contribution in [3.63, 3.8) is 0 Å². The van der Waals surface area contributed by atoms with Crippen LogP contribution in [0.1, 0.15) is 25.0 Å². The van der Waals surface area contributed by atoms with Crippen molar-refractivity contribution in [1.82, 2.24) is 4.72 Å². The van der Waals surface area contributed by atoms with Crippen LogP contribution in [0.3, 0.4) is 0 Å². The SMILES string of the molecule is CCN.CCNS(=O)(=O)c1cc(CC(=O)OC)ccc1Br.COC(=O)Cc1ccc(Br)c(S(=O)(=O)Cl)c1. The summed E-state index contributed by atoms with van der Waals surface area (Å²) in [6.45, 7) is 4.65. The largest absolute Gasteiger partial charge is 0.469 e. The lowest BCUT2D eigenvalue weighted by atomic mass is 10.1. The summed E-state index contributed by atoms with van der Waals surface area (Å²) in [5.41, 5.74) is 5.95.